The Morgan fingerprint density at radius 1 is 0.280 bits per heavy atom. The summed E-state index contributed by atoms with van der Waals surface area (Å²) >= 11 is 0. The number of unbranched alkanes of at least 4 members (excludes halogenated alkanes) is 21. The minimum atomic E-state index is -0.817. The number of esters is 3. The molecule has 0 spiro atoms. The molecule has 75 heavy (non-hydrogen) atoms. The summed E-state index contributed by atoms with van der Waals surface area (Å²) in [7, 11) is 0. The molecule has 6 nitrogen and oxygen atoms in total. The van der Waals surface area contributed by atoms with Crippen LogP contribution in [-0.2, 0) is 28.6 Å². The van der Waals surface area contributed by atoms with Gasteiger partial charge in [-0.15, -0.1) is 0 Å². The van der Waals surface area contributed by atoms with Crippen molar-refractivity contribution in [1.82, 2.24) is 0 Å². The summed E-state index contributed by atoms with van der Waals surface area (Å²) < 4.78 is 16.9. The molecule has 0 aliphatic rings. The second-order valence-electron chi connectivity index (χ2n) is 19.8. The standard InChI is InChI=1S/C69H112O6/c1-4-7-10-13-16-19-22-25-28-31-34-37-40-43-46-49-52-55-58-61-67(70)73-64-66(75-69(72)63-60-57-54-51-48-45-42-39-36-33-30-27-24-21-18-15-12-9-6-3)65-74-68(71)62-59-56-53-50-47-44-41-38-35-32-29-26-23-20-17-14-11-8-5-2/h7,9-10,12,16,18-19,21,25-30,34,36-37,39,43,45-46,48,66H,4-6,8,11,13-15,17,20,22-24,31-33,35,38,40-42,44,47,49-65H2,1-3H3/b10-7-,12-9-,19-16-,21-18-,28-25-,29-26-,30-27-,37-34-,39-36-,46-43-,48-45-. The van der Waals surface area contributed by atoms with E-state index in [2.05, 4.69) is 154 Å². The third-order valence-electron chi connectivity index (χ3n) is 12.6. The maximum absolute atomic E-state index is 12.9. The lowest BCUT2D eigenvalue weighted by molar-refractivity contribution is -0.167. The van der Waals surface area contributed by atoms with Gasteiger partial charge in [0.05, 0.1) is 0 Å². The van der Waals surface area contributed by atoms with Gasteiger partial charge in [0.1, 0.15) is 13.2 Å². The average molecular weight is 1040 g/mol. The van der Waals surface area contributed by atoms with Crippen molar-refractivity contribution < 1.29 is 28.6 Å². The van der Waals surface area contributed by atoms with Crippen LogP contribution >= 0.6 is 0 Å². The molecule has 1 atom stereocenters. The van der Waals surface area contributed by atoms with Crippen LogP contribution in [0.4, 0.5) is 0 Å². The number of rotatable bonds is 54. The first kappa shape index (κ1) is 70.5. The zero-order chi connectivity index (χ0) is 54.3. The van der Waals surface area contributed by atoms with E-state index in [1.54, 1.807) is 0 Å². The molecule has 0 saturated heterocycles. The minimum Gasteiger partial charge on any atom is -0.462 e. The summed E-state index contributed by atoms with van der Waals surface area (Å²) in [6.45, 7) is 6.36. The highest BCUT2D eigenvalue weighted by Gasteiger charge is 2.19. The Labute approximate surface area is 462 Å². The molecule has 0 radical (unpaired) electrons. The van der Waals surface area contributed by atoms with Crippen molar-refractivity contribution >= 4 is 17.9 Å². The van der Waals surface area contributed by atoms with Gasteiger partial charge in [0.25, 0.3) is 0 Å². The molecule has 0 aromatic carbocycles. The molecule has 0 fully saturated rings. The fourth-order valence-electron chi connectivity index (χ4n) is 8.08. The van der Waals surface area contributed by atoms with Gasteiger partial charge < -0.3 is 14.2 Å². The van der Waals surface area contributed by atoms with Crippen LogP contribution < -0.4 is 0 Å². The topological polar surface area (TPSA) is 78.9 Å². The first-order valence-electron chi connectivity index (χ1n) is 30.7. The molecule has 0 saturated carbocycles. The quantitative estimate of drug-likeness (QED) is 0.0261. The van der Waals surface area contributed by atoms with Crippen LogP contribution in [0.15, 0.2) is 134 Å². The van der Waals surface area contributed by atoms with Crippen molar-refractivity contribution in [2.45, 2.75) is 271 Å². The number of carbonyl (C=O) groups excluding carboxylic acids is 3. The summed E-state index contributed by atoms with van der Waals surface area (Å²) in [5.74, 6) is -0.975. The normalized spacial score (nSPS) is 13.1. The number of hydrogen-bond acceptors (Lipinski definition) is 6. The van der Waals surface area contributed by atoms with E-state index in [9.17, 15) is 14.4 Å². The van der Waals surface area contributed by atoms with Crippen molar-refractivity contribution in [1.29, 1.82) is 0 Å². The molecule has 424 valence electrons. The summed E-state index contributed by atoms with van der Waals surface area (Å²) in [4.78, 5) is 38.3. The van der Waals surface area contributed by atoms with Crippen molar-refractivity contribution in [3.8, 4) is 0 Å². The summed E-state index contributed by atoms with van der Waals surface area (Å²) in [5, 5.41) is 0. The fourth-order valence-corrected chi connectivity index (χ4v) is 8.08. The van der Waals surface area contributed by atoms with Crippen molar-refractivity contribution in [3.63, 3.8) is 0 Å². The van der Waals surface area contributed by atoms with Crippen molar-refractivity contribution in [2.75, 3.05) is 13.2 Å². The molecule has 0 N–H and O–H groups in total. The maximum Gasteiger partial charge on any atom is 0.306 e. The van der Waals surface area contributed by atoms with Gasteiger partial charge in [0.15, 0.2) is 6.10 Å². The highest BCUT2D eigenvalue weighted by molar-refractivity contribution is 5.71. The van der Waals surface area contributed by atoms with Gasteiger partial charge in [-0.05, 0) is 135 Å². The Morgan fingerprint density at radius 2 is 0.520 bits per heavy atom. The van der Waals surface area contributed by atoms with Crippen LogP contribution in [0.1, 0.15) is 265 Å². The van der Waals surface area contributed by atoms with Crippen LogP contribution in [-0.4, -0.2) is 37.2 Å². The molecule has 0 amide bonds. The number of ether oxygens (including phenoxy) is 3. The lowest BCUT2D eigenvalue weighted by Crippen LogP contribution is -2.30. The molecule has 0 aliphatic heterocycles. The SMILES string of the molecule is CC/C=C\C/C=C\C/C=C\C/C=C\C/C=C\CCCCCC(=O)OCC(COC(=O)CCCCCCCCCCC/C=C\CCCCCCCC)OC(=O)CCCCC/C=C\C/C=C\C/C=C\C/C=C\C/C=C\CC. The Hall–Kier alpha value is -4.45. The third kappa shape index (κ3) is 60.3. The first-order chi connectivity index (χ1) is 37.0. The van der Waals surface area contributed by atoms with Gasteiger partial charge in [-0.2, -0.15) is 0 Å². The van der Waals surface area contributed by atoms with Gasteiger partial charge in [0, 0.05) is 19.3 Å². The zero-order valence-corrected chi connectivity index (χ0v) is 48.5. The predicted octanol–water partition coefficient (Wildman–Crippen LogP) is 21.0. The minimum absolute atomic E-state index is 0.107. The first-order valence-corrected chi connectivity index (χ1v) is 30.7. The second-order valence-corrected chi connectivity index (χ2v) is 19.8. The van der Waals surface area contributed by atoms with Gasteiger partial charge in [-0.1, -0.05) is 244 Å². The van der Waals surface area contributed by atoms with Crippen molar-refractivity contribution in [3.05, 3.63) is 134 Å². The summed E-state index contributed by atoms with van der Waals surface area (Å²) in [6.07, 6.45) is 87.3. The lowest BCUT2D eigenvalue weighted by atomic mass is 10.1. The molecule has 1 unspecified atom stereocenters. The van der Waals surface area contributed by atoms with Crippen LogP contribution in [0.25, 0.3) is 0 Å². The second kappa shape index (κ2) is 62.1. The van der Waals surface area contributed by atoms with Gasteiger partial charge in [-0.3, -0.25) is 14.4 Å². The Bertz CT molecular complexity index is 1620. The molecule has 0 rings (SSSR count). The fraction of sp³-hybridized carbons (Fsp3) is 0.638. The molecule has 0 aromatic rings. The predicted molar refractivity (Wildman–Crippen MR) is 325 cm³/mol. The molecule has 0 aromatic heterocycles. The van der Waals surface area contributed by atoms with E-state index < -0.39 is 6.10 Å². The highest BCUT2D eigenvalue weighted by atomic mass is 16.6. The van der Waals surface area contributed by atoms with E-state index >= 15 is 0 Å². The third-order valence-corrected chi connectivity index (χ3v) is 12.6. The van der Waals surface area contributed by atoms with Crippen LogP contribution in [0.2, 0.25) is 0 Å². The van der Waals surface area contributed by atoms with E-state index in [0.29, 0.717) is 19.3 Å². The molecule has 0 bridgehead atoms. The largest absolute Gasteiger partial charge is 0.462 e. The highest BCUT2D eigenvalue weighted by Crippen LogP contribution is 2.14. The van der Waals surface area contributed by atoms with E-state index in [4.69, 9.17) is 14.2 Å². The molecular formula is C69H112O6. The number of allylic oxidation sites excluding steroid dienone is 22. The van der Waals surface area contributed by atoms with E-state index in [-0.39, 0.29) is 37.5 Å². The van der Waals surface area contributed by atoms with Gasteiger partial charge in [-0.25, -0.2) is 0 Å². The van der Waals surface area contributed by atoms with E-state index in [1.165, 1.54) is 89.9 Å². The van der Waals surface area contributed by atoms with E-state index in [1.807, 2.05) is 0 Å². The Balaban J connectivity index is 4.53. The number of carbonyl (C=O) groups is 3. The smallest absolute Gasteiger partial charge is 0.306 e. The lowest BCUT2D eigenvalue weighted by Gasteiger charge is -2.18. The Kier molecular flexibility index (Phi) is 58.4. The molecule has 6 heteroatoms. The summed E-state index contributed by atoms with van der Waals surface area (Å²) in [6, 6.07) is 0. The van der Waals surface area contributed by atoms with E-state index in [0.717, 1.165) is 128 Å². The van der Waals surface area contributed by atoms with Crippen LogP contribution in [0, 0.1) is 0 Å². The molecular weight excluding hydrogens is 925 g/mol. The average Bonchev–Trinajstić information content (AvgIpc) is 3.41. The molecule has 0 heterocycles. The maximum atomic E-state index is 12.9. The monoisotopic (exact) mass is 1040 g/mol. The van der Waals surface area contributed by atoms with Crippen LogP contribution in [0.5, 0.6) is 0 Å². The van der Waals surface area contributed by atoms with Gasteiger partial charge >= 0.3 is 17.9 Å². The van der Waals surface area contributed by atoms with Crippen molar-refractivity contribution in [2.24, 2.45) is 0 Å². The Morgan fingerprint density at radius 3 is 0.840 bits per heavy atom. The molecule has 0 aliphatic carbocycles. The summed E-state index contributed by atoms with van der Waals surface area (Å²) in [5.41, 5.74) is 0. The zero-order valence-electron chi connectivity index (χ0n) is 48.5. The number of hydrogen-bond donors (Lipinski definition) is 0. The van der Waals surface area contributed by atoms with Gasteiger partial charge in [0.2, 0.25) is 0 Å². The van der Waals surface area contributed by atoms with Crippen LogP contribution in [0.3, 0.4) is 0 Å².